The van der Waals surface area contributed by atoms with Crippen molar-refractivity contribution in [2.75, 3.05) is 13.6 Å². The Labute approximate surface area is 111 Å². The molecule has 2 aliphatic rings. The first-order valence-corrected chi connectivity index (χ1v) is 7.69. The first kappa shape index (κ1) is 13.9. The van der Waals surface area contributed by atoms with E-state index in [1.807, 2.05) is 11.9 Å². The quantitative estimate of drug-likeness (QED) is 0.788. The fourth-order valence-electron chi connectivity index (χ4n) is 2.99. The van der Waals surface area contributed by atoms with E-state index in [9.17, 15) is 4.79 Å². The van der Waals surface area contributed by atoms with Crippen molar-refractivity contribution in [3.05, 3.63) is 0 Å². The zero-order chi connectivity index (χ0) is 13.0. The molecule has 1 N–H and O–H groups in total. The molecule has 1 amide bonds. The summed E-state index contributed by atoms with van der Waals surface area (Å²) in [4.78, 5) is 14.1. The maximum absolute atomic E-state index is 12.1. The summed E-state index contributed by atoms with van der Waals surface area (Å²) >= 11 is 0. The van der Waals surface area contributed by atoms with Crippen molar-refractivity contribution < 1.29 is 4.79 Å². The second-order valence-electron chi connectivity index (χ2n) is 6.07. The number of nitrogens with one attached hydrogen (secondary N) is 1. The highest BCUT2D eigenvalue weighted by molar-refractivity contribution is 5.76. The van der Waals surface area contributed by atoms with Crippen LogP contribution in [0.3, 0.4) is 0 Å². The van der Waals surface area contributed by atoms with Gasteiger partial charge in [-0.1, -0.05) is 13.3 Å². The molecule has 0 spiro atoms. The first-order valence-electron chi connectivity index (χ1n) is 7.69. The molecule has 0 atom stereocenters. The summed E-state index contributed by atoms with van der Waals surface area (Å²) in [6.45, 7) is 3.14. The molecule has 3 nitrogen and oxygen atoms in total. The number of nitrogens with zero attached hydrogens (tertiary/aromatic N) is 1. The lowest BCUT2D eigenvalue weighted by Gasteiger charge is -2.34. The third-order valence-corrected chi connectivity index (χ3v) is 4.68. The number of hydrogen-bond acceptors (Lipinski definition) is 2. The van der Waals surface area contributed by atoms with Crippen LogP contribution in [0, 0.1) is 5.92 Å². The minimum absolute atomic E-state index is 0.322. The van der Waals surface area contributed by atoms with Gasteiger partial charge in [-0.3, -0.25) is 4.79 Å². The van der Waals surface area contributed by atoms with E-state index in [1.54, 1.807) is 0 Å². The number of rotatable bonds is 6. The van der Waals surface area contributed by atoms with Gasteiger partial charge in [-0.2, -0.15) is 0 Å². The number of amides is 1. The van der Waals surface area contributed by atoms with Crippen molar-refractivity contribution in [3.63, 3.8) is 0 Å². The second-order valence-corrected chi connectivity index (χ2v) is 6.07. The molecule has 0 radical (unpaired) electrons. The van der Waals surface area contributed by atoms with E-state index in [2.05, 4.69) is 12.2 Å². The Morgan fingerprint density at radius 1 is 1.17 bits per heavy atom. The van der Waals surface area contributed by atoms with Crippen molar-refractivity contribution in [1.29, 1.82) is 0 Å². The zero-order valence-corrected chi connectivity index (χ0v) is 12.0. The Morgan fingerprint density at radius 2 is 1.83 bits per heavy atom. The maximum Gasteiger partial charge on any atom is 0.223 e. The van der Waals surface area contributed by atoms with Crippen LogP contribution in [0.1, 0.15) is 58.3 Å². The molecule has 0 bridgehead atoms. The fourth-order valence-corrected chi connectivity index (χ4v) is 2.99. The van der Waals surface area contributed by atoms with Gasteiger partial charge in [0.05, 0.1) is 0 Å². The van der Waals surface area contributed by atoms with E-state index in [0.717, 1.165) is 12.5 Å². The predicted molar refractivity (Wildman–Crippen MR) is 74.4 cm³/mol. The van der Waals surface area contributed by atoms with E-state index in [-0.39, 0.29) is 0 Å². The van der Waals surface area contributed by atoms with E-state index in [1.165, 1.54) is 44.9 Å². The van der Waals surface area contributed by atoms with Gasteiger partial charge in [0.2, 0.25) is 5.91 Å². The molecule has 3 heteroatoms. The Morgan fingerprint density at radius 3 is 2.39 bits per heavy atom. The monoisotopic (exact) mass is 252 g/mol. The average molecular weight is 252 g/mol. The maximum atomic E-state index is 12.1. The van der Waals surface area contributed by atoms with Gasteiger partial charge in [-0.05, 0) is 44.4 Å². The molecule has 0 aromatic heterocycles. The summed E-state index contributed by atoms with van der Waals surface area (Å²) in [5, 5.41) is 3.41. The van der Waals surface area contributed by atoms with Crippen LogP contribution in [0.25, 0.3) is 0 Å². The van der Waals surface area contributed by atoms with Gasteiger partial charge >= 0.3 is 0 Å². The third-order valence-electron chi connectivity index (χ3n) is 4.68. The van der Waals surface area contributed by atoms with E-state index in [0.29, 0.717) is 24.4 Å². The van der Waals surface area contributed by atoms with Crippen molar-refractivity contribution in [3.8, 4) is 0 Å². The van der Waals surface area contributed by atoms with Gasteiger partial charge < -0.3 is 10.2 Å². The lowest BCUT2D eigenvalue weighted by Crippen LogP contribution is -2.40. The standard InChI is InChI=1S/C15H28N2O/c1-3-12-4-8-14(9-5-12)17(2)15(18)10-11-16-13-6-7-13/h12-14,16H,3-11H2,1-2H3. The van der Waals surface area contributed by atoms with Crippen LogP contribution >= 0.6 is 0 Å². The molecule has 18 heavy (non-hydrogen) atoms. The van der Waals surface area contributed by atoms with Crippen molar-refractivity contribution in [1.82, 2.24) is 10.2 Å². The SMILES string of the molecule is CCC1CCC(N(C)C(=O)CCNC2CC2)CC1. The summed E-state index contributed by atoms with van der Waals surface area (Å²) in [5.74, 6) is 1.23. The Hall–Kier alpha value is -0.570. The normalized spacial score (nSPS) is 28.1. The second kappa shape index (κ2) is 6.55. The van der Waals surface area contributed by atoms with Crippen LogP contribution < -0.4 is 5.32 Å². The smallest absolute Gasteiger partial charge is 0.223 e. The highest BCUT2D eigenvalue weighted by atomic mass is 16.2. The Bertz CT molecular complexity index is 268. The fraction of sp³-hybridized carbons (Fsp3) is 0.933. The molecule has 0 aromatic rings. The van der Waals surface area contributed by atoms with Crippen molar-refractivity contribution in [2.45, 2.75) is 70.4 Å². The molecular formula is C15H28N2O. The van der Waals surface area contributed by atoms with Gasteiger partial charge in [0.15, 0.2) is 0 Å². The third kappa shape index (κ3) is 3.98. The lowest BCUT2D eigenvalue weighted by atomic mass is 9.84. The van der Waals surface area contributed by atoms with Gasteiger partial charge in [0, 0.05) is 32.1 Å². The average Bonchev–Trinajstić information content (AvgIpc) is 3.22. The molecule has 2 saturated carbocycles. The summed E-state index contributed by atoms with van der Waals surface area (Å²) in [5.41, 5.74) is 0. The summed E-state index contributed by atoms with van der Waals surface area (Å²) in [7, 11) is 2.00. The van der Waals surface area contributed by atoms with E-state index < -0.39 is 0 Å². The van der Waals surface area contributed by atoms with Gasteiger partial charge in [0.25, 0.3) is 0 Å². The molecule has 2 fully saturated rings. The molecular weight excluding hydrogens is 224 g/mol. The largest absolute Gasteiger partial charge is 0.343 e. The highest BCUT2D eigenvalue weighted by Gasteiger charge is 2.26. The molecule has 104 valence electrons. The Balaban J connectivity index is 1.65. The first-order chi connectivity index (χ1) is 8.70. The molecule has 0 saturated heterocycles. The van der Waals surface area contributed by atoms with Crippen molar-refractivity contribution >= 4 is 5.91 Å². The number of carbonyl (C=O) groups is 1. The van der Waals surface area contributed by atoms with Gasteiger partial charge in [-0.15, -0.1) is 0 Å². The minimum atomic E-state index is 0.322. The number of hydrogen-bond donors (Lipinski definition) is 1. The van der Waals surface area contributed by atoms with Crippen LogP contribution in [0.2, 0.25) is 0 Å². The topological polar surface area (TPSA) is 32.3 Å². The lowest BCUT2D eigenvalue weighted by molar-refractivity contribution is -0.132. The number of carbonyl (C=O) groups excluding carboxylic acids is 1. The van der Waals surface area contributed by atoms with Crippen LogP contribution in [-0.2, 0) is 4.79 Å². The summed E-state index contributed by atoms with van der Waals surface area (Å²) in [6.07, 6.45) is 9.58. The van der Waals surface area contributed by atoms with Crippen molar-refractivity contribution in [2.24, 2.45) is 5.92 Å². The summed E-state index contributed by atoms with van der Waals surface area (Å²) < 4.78 is 0. The van der Waals surface area contributed by atoms with Gasteiger partial charge in [0.1, 0.15) is 0 Å². The summed E-state index contributed by atoms with van der Waals surface area (Å²) in [6, 6.07) is 1.21. The van der Waals surface area contributed by atoms with Crippen LogP contribution in [0.5, 0.6) is 0 Å². The molecule has 0 aliphatic heterocycles. The van der Waals surface area contributed by atoms with Crippen LogP contribution in [0.4, 0.5) is 0 Å². The van der Waals surface area contributed by atoms with E-state index >= 15 is 0 Å². The molecule has 2 rings (SSSR count). The molecule has 0 heterocycles. The molecule has 0 aromatic carbocycles. The van der Waals surface area contributed by atoms with Crippen LogP contribution in [-0.4, -0.2) is 36.5 Å². The predicted octanol–water partition coefficient (Wildman–Crippen LogP) is 2.56. The Kier molecular flexibility index (Phi) is 5.04. The molecule has 2 aliphatic carbocycles. The zero-order valence-electron chi connectivity index (χ0n) is 12.0. The molecule has 0 unspecified atom stereocenters. The van der Waals surface area contributed by atoms with Gasteiger partial charge in [-0.25, -0.2) is 0 Å². The van der Waals surface area contributed by atoms with Crippen LogP contribution in [0.15, 0.2) is 0 Å². The minimum Gasteiger partial charge on any atom is -0.343 e. The van der Waals surface area contributed by atoms with E-state index in [4.69, 9.17) is 0 Å². The highest BCUT2D eigenvalue weighted by Crippen LogP contribution is 2.29.